The lowest BCUT2D eigenvalue weighted by atomic mass is 9.98. The van der Waals surface area contributed by atoms with E-state index in [0.717, 1.165) is 28.7 Å². The van der Waals surface area contributed by atoms with Gasteiger partial charge in [-0.15, -0.1) is 0 Å². The summed E-state index contributed by atoms with van der Waals surface area (Å²) in [5.74, 6) is -2.27. The highest BCUT2D eigenvalue weighted by Gasteiger charge is 2.30. The SMILES string of the molecule is CCCC(CNC(=O)OCC1c2ccccc2-c2ccccc21)C(=O)N[C@H](C(=O)O)C(C)C. The maximum absolute atomic E-state index is 12.6. The van der Waals surface area contributed by atoms with Gasteiger partial charge < -0.3 is 20.5 Å². The summed E-state index contributed by atoms with van der Waals surface area (Å²) in [5, 5.41) is 14.6. The third-order valence-electron chi connectivity index (χ3n) is 6.07. The van der Waals surface area contributed by atoms with E-state index in [2.05, 4.69) is 34.9 Å². The summed E-state index contributed by atoms with van der Waals surface area (Å²) in [6.45, 7) is 5.69. The Bertz CT molecular complexity index is 958. The summed E-state index contributed by atoms with van der Waals surface area (Å²) in [4.78, 5) is 36.5. The zero-order valence-corrected chi connectivity index (χ0v) is 19.3. The zero-order valence-electron chi connectivity index (χ0n) is 19.3. The normalized spacial score (nSPS) is 14.2. The molecule has 0 aliphatic heterocycles. The second kappa shape index (κ2) is 11.0. The van der Waals surface area contributed by atoms with Crippen molar-refractivity contribution < 1.29 is 24.2 Å². The van der Waals surface area contributed by atoms with Gasteiger partial charge in [0.1, 0.15) is 12.6 Å². The Morgan fingerprint density at radius 1 is 1.00 bits per heavy atom. The second-order valence-corrected chi connectivity index (χ2v) is 8.76. The minimum absolute atomic E-state index is 0.0414. The molecule has 0 saturated heterocycles. The summed E-state index contributed by atoms with van der Waals surface area (Å²) in [5.41, 5.74) is 4.56. The van der Waals surface area contributed by atoms with Crippen LogP contribution in [0.15, 0.2) is 48.5 Å². The molecule has 2 aromatic rings. The minimum atomic E-state index is -1.07. The number of hydrogen-bond donors (Lipinski definition) is 3. The van der Waals surface area contributed by atoms with E-state index in [0.29, 0.717) is 6.42 Å². The smallest absolute Gasteiger partial charge is 0.407 e. The number of ether oxygens (including phenoxy) is 1. The lowest BCUT2D eigenvalue weighted by molar-refractivity contribution is -0.143. The number of carboxylic acids is 1. The molecule has 33 heavy (non-hydrogen) atoms. The van der Waals surface area contributed by atoms with Gasteiger partial charge in [-0.05, 0) is 34.6 Å². The summed E-state index contributed by atoms with van der Waals surface area (Å²) in [6.07, 6.45) is 0.661. The van der Waals surface area contributed by atoms with Crippen LogP contribution in [0.3, 0.4) is 0 Å². The monoisotopic (exact) mass is 452 g/mol. The van der Waals surface area contributed by atoms with E-state index in [1.54, 1.807) is 13.8 Å². The fraction of sp³-hybridized carbons (Fsp3) is 0.423. The number of hydrogen-bond acceptors (Lipinski definition) is 4. The molecule has 0 radical (unpaired) electrons. The molecule has 7 heteroatoms. The number of carbonyl (C=O) groups is 3. The van der Waals surface area contributed by atoms with E-state index in [4.69, 9.17) is 4.74 Å². The van der Waals surface area contributed by atoms with Crippen molar-refractivity contribution in [1.82, 2.24) is 10.6 Å². The fourth-order valence-electron chi connectivity index (χ4n) is 4.31. The fourth-order valence-corrected chi connectivity index (χ4v) is 4.31. The van der Waals surface area contributed by atoms with Gasteiger partial charge in [0.25, 0.3) is 0 Å². The van der Waals surface area contributed by atoms with Crippen LogP contribution >= 0.6 is 0 Å². The van der Waals surface area contributed by atoms with Crippen molar-refractivity contribution in [2.75, 3.05) is 13.2 Å². The maximum atomic E-state index is 12.6. The standard InChI is InChI=1S/C26H32N2O5/c1-4-9-17(24(29)28-23(16(2)3)25(30)31)14-27-26(32)33-15-22-20-12-7-5-10-18(20)19-11-6-8-13-21(19)22/h5-8,10-13,16-17,22-23H,4,9,14-15H2,1-3H3,(H,27,32)(H,28,29)(H,30,31)/t17?,23-/m0/s1. The van der Waals surface area contributed by atoms with Crippen LogP contribution in [-0.2, 0) is 14.3 Å². The van der Waals surface area contributed by atoms with Crippen molar-refractivity contribution in [3.8, 4) is 11.1 Å². The number of amides is 2. The van der Waals surface area contributed by atoms with E-state index >= 15 is 0 Å². The molecule has 3 rings (SSSR count). The molecule has 0 bridgehead atoms. The second-order valence-electron chi connectivity index (χ2n) is 8.76. The predicted molar refractivity (Wildman–Crippen MR) is 126 cm³/mol. The Morgan fingerprint density at radius 2 is 1.58 bits per heavy atom. The number of alkyl carbamates (subject to hydrolysis) is 1. The Kier molecular flexibility index (Phi) is 8.09. The van der Waals surface area contributed by atoms with Crippen LogP contribution in [0.2, 0.25) is 0 Å². The van der Waals surface area contributed by atoms with E-state index < -0.39 is 24.0 Å². The molecule has 2 atom stereocenters. The number of fused-ring (bicyclic) bond motifs is 3. The molecule has 1 aliphatic carbocycles. The van der Waals surface area contributed by atoms with Gasteiger partial charge in [-0.2, -0.15) is 0 Å². The first-order chi connectivity index (χ1) is 15.8. The van der Waals surface area contributed by atoms with Crippen molar-refractivity contribution in [2.24, 2.45) is 11.8 Å². The van der Waals surface area contributed by atoms with Crippen molar-refractivity contribution in [1.29, 1.82) is 0 Å². The minimum Gasteiger partial charge on any atom is -0.480 e. The van der Waals surface area contributed by atoms with Crippen molar-refractivity contribution >= 4 is 18.0 Å². The number of aliphatic carboxylic acids is 1. The van der Waals surface area contributed by atoms with Crippen LogP contribution in [0.5, 0.6) is 0 Å². The van der Waals surface area contributed by atoms with E-state index in [1.165, 1.54) is 0 Å². The maximum Gasteiger partial charge on any atom is 0.407 e. The van der Waals surface area contributed by atoms with E-state index in [-0.39, 0.29) is 30.9 Å². The average molecular weight is 453 g/mol. The Balaban J connectivity index is 1.58. The van der Waals surface area contributed by atoms with Crippen LogP contribution < -0.4 is 10.6 Å². The molecular formula is C26H32N2O5. The molecule has 0 fully saturated rings. The average Bonchev–Trinajstić information content (AvgIpc) is 3.12. The molecule has 1 unspecified atom stereocenters. The molecule has 1 aliphatic rings. The molecule has 2 aromatic carbocycles. The molecule has 176 valence electrons. The summed E-state index contributed by atoms with van der Waals surface area (Å²) < 4.78 is 5.53. The number of carbonyl (C=O) groups excluding carboxylic acids is 2. The first-order valence-corrected chi connectivity index (χ1v) is 11.5. The first kappa shape index (κ1) is 24.3. The number of carboxylic acid groups (broad SMARTS) is 1. The highest BCUT2D eigenvalue weighted by molar-refractivity contribution is 5.85. The van der Waals surface area contributed by atoms with Gasteiger partial charge >= 0.3 is 12.1 Å². The number of benzene rings is 2. The van der Waals surface area contributed by atoms with Crippen LogP contribution in [0.4, 0.5) is 4.79 Å². The highest BCUT2D eigenvalue weighted by Crippen LogP contribution is 2.44. The molecule has 7 nitrogen and oxygen atoms in total. The van der Waals surface area contributed by atoms with Crippen LogP contribution in [0.1, 0.15) is 50.7 Å². The lowest BCUT2D eigenvalue weighted by Gasteiger charge is -2.22. The summed E-state index contributed by atoms with van der Waals surface area (Å²) >= 11 is 0. The molecule has 0 aromatic heterocycles. The molecule has 0 spiro atoms. The van der Waals surface area contributed by atoms with Crippen molar-refractivity contribution in [3.05, 3.63) is 59.7 Å². The molecule has 2 amide bonds. The van der Waals surface area contributed by atoms with Crippen LogP contribution in [-0.4, -0.2) is 42.3 Å². The van der Waals surface area contributed by atoms with Gasteiger partial charge in [0.05, 0.1) is 5.92 Å². The summed E-state index contributed by atoms with van der Waals surface area (Å²) in [7, 11) is 0. The Morgan fingerprint density at radius 3 is 2.09 bits per heavy atom. The Hall–Kier alpha value is -3.35. The van der Waals surface area contributed by atoms with Gasteiger partial charge in [0.2, 0.25) is 5.91 Å². The lowest BCUT2D eigenvalue weighted by Crippen LogP contribution is -2.48. The number of rotatable bonds is 10. The predicted octanol–water partition coefficient (Wildman–Crippen LogP) is 4.17. The largest absolute Gasteiger partial charge is 0.480 e. The third-order valence-corrected chi connectivity index (χ3v) is 6.07. The van der Waals surface area contributed by atoms with E-state index in [9.17, 15) is 19.5 Å². The molecule has 0 saturated carbocycles. The van der Waals surface area contributed by atoms with Gasteiger partial charge in [-0.3, -0.25) is 4.79 Å². The van der Waals surface area contributed by atoms with Gasteiger partial charge in [0.15, 0.2) is 0 Å². The van der Waals surface area contributed by atoms with E-state index in [1.807, 2.05) is 31.2 Å². The first-order valence-electron chi connectivity index (χ1n) is 11.5. The van der Waals surface area contributed by atoms with Crippen molar-refractivity contribution in [2.45, 2.75) is 45.6 Å². The molecular weight excluding hydrogens is 420 g/mol. The van der Waals surface area contributed by atoms with Crippen LogP contribution in [0, 0.1) is 11.8 Å². The quantitative estimate of drug-likeness (QED) is 0.502. The molecule has 0 heterocycles. The highest BCUT2D eigenvalue weighted by atomic mass is 16.5. The van der Waals surface area contributed by atoms with Gasteiger partial charge in [-0.25, -0.2) is 9.59 Å². The molecule has 3 N–H and O–H groups in total. The Labute approximate surface area is 194 Å². The zero-order chi connectivity index (χ0) is 24.0. The number of nitrogens with one attached hydrogen (secondary N) is 2. The van der Waals surface area contributed by atoms with Gasteiger partial charge in [0, 0.05) is 12.5 Å². The third kappa shape index (κ3) is 5.72. The van der Waals surface area contributed by atoms with Crippen molar-refractivity contribution in [3.63, 3.8) is 0 Å². The summed E-state index contributed by atoms with van der Waals surface area (Å²) in [6, 6.07) is 15.2. The van der Waals surface area contributed by atoms with Gasteiger partial charge in [-0.1, -0.05) is 75.7 Å². The van der Waals surface area contributed by atoms with Crippen LogP contribution in [0.25, 0.3) is 11.1 Å². The topological polar surface area (TPSA) is 105 Å².